The molecule has 4 aromatic heterocycles. The first-order valence-corrected chi connectivity index (χ1v) is 15.1. The zero-order valence-electron chi connectivity index (χ0n) is 23.8. The molecular formula is C40H21N3O2. The van der Waals surface area contributed by atoms with E-state index >= 15 is 0 Å². The van der Waals surface area contributed by atoms with Gasteiger partial charge in [-0.15, -0.1) is 0 Å². The highest BCUT2D eigenvalue weighted by Gasteiger charge is 2.23. The maximum atomic E-state index is 6.61. The SMILES string of the molecule is c1ccc2c(-c3ccc4oc5ccccc5c4c3)nc(-n3c4ccc5cccc6oc7cccc8ccc3c(c87)c4c56)nc2c1. The minimum Gasteiger partial charge on any atom is -0.456 e. The van der Waals surface area contributed by atoms with Gasteiger partial charge in [-0.2, -0.15) is 0 Å². The Labute approximate surface area is 254 Å². The van der Waals surface area contributed by atoms with Crippen LogP contribution >= 0.6 is 0 Å². The molecule has 0 amide bonds. The van der Waals surface area contributed by atoms with Crippen LogP contribution in [0.4, 0.5) is 0 Å². The summed E-state index contributed by atoms with van der Waals surface area (Å²) in [6.07, 6.45) is 0. The Morgan fingerprint density at radius 1 is 0.444 bits per heavy atom. The van der Waals surface area contributed by atoms with Crippen LogP contribution in [0.5, 0.6) is 0 Å². The van der Waals surface area contributed by atoms with Crippen molar-refractivity contribution in [2.75, 3.05) is 0 Å². The topological polar surface area (TPSA) is 57.0 Å². The van der Waals surface area contributed by atoms with E-state index in [0.29, 0.717) is 5.95 Å². The van der Waals surface area contributed by atoms with Crippen molar-refractivity contribution < 1.29 is 8.83 Å². The molecule has 0 aliphatic heterocycles. The van der Waals surface area contributed by atoms with E-state index in [4.69, 9.17) is 18.8 Å². The highest BCUT2D eigenvalue weighted by atomic mass is 16.3. The molecule has 0 atom stereocenters. The highest BCUT2D eigenvalue weighted by Crippen LogP contribution is 2.44. The van der Waals surface area contributed by atoms with Gasteiger partial charge in [0.25, 0.3) is 0 Å². The molecule has 11 rings (SSSR count). The summed E-state index contributed by atoms with van der Waals surface area (Å²) < 4.78 is 15.0. The van der Waals surface area contributed by atoms with Gasteiger partial charge in [0.1, 0.15) is 22.3 Å². The Kier molecular flexibility index (Phi) is 4.26. The van der Waals surface area contributed by atoms with Crippen LogP contribution in [0.2, 0.25) is 0 Å². The highest BCUT2D eigenvalue weighted by molar-refractivity contribution is 6.33. The average molecular weight is 576 g/mol. The lowest BCUT2D eigenvalue weighted by molar-refractivity contribution is 0.664. The summed E-state index contributed by atoms with van der Waals surface area (Å²) in [6.45, 7) is 0. The summed E-state index contributed by atoms with van der Waals surface area (Å²) >= 11 is 0. The van der Waals surface area contributed by atoms with Crippen molar-refractivity contribution >= 4 is 87.4 Å². The average Bonchev–Trinajstić information content (AvgIpc) is 3.58. The molecule has 7 aromatic carbocycles. The van der Waals surface area contributed by atoms with Crippen LogP contribution in [0.1, 0.15) is 0 Å². The largest absolute Gasteiger partial charge is 0.456 e. The third kappa shape index (κ3) is 3.01. The summed E-state index contributed by atoms with van der Waals surface area (Å²) in [5.74, 6) is 0.635. The number of aromatic nitrogens is 3. The molecular weight excluding hydrogens is 554 g/mol. The number of hydrogen-bond acceptors (Lipinski definition) is 4. The van der Waals surface area contributed by atoms with E-state index in [1.807, 2.05) is 18.2 Å². The quantitative estimate of drug-likeness (QED) is 0.206. The van der Waals surface area contributed by atoms with E-state index in [-0.39, 0.29) is 0 Å². The van der Waals surface area contributed by atoms with Crippen molar-refractivity contribution in [3.63, 3.8) is 0 Å². The van der Waals surface area contributed by atoms with Crippen LogP contribution < -0.4 is 0 Å². The predicted molar refractivity (Wildman–Crippen MR) is 183 cm³/mol. The third-order valence-corrected chi connectivity index (χ3v) is 9.36. The normalized spacial score (nSPS) is 12.4. The summed E-state index contributed by atoms with van der Waals surface area (Å²) in [4.78, 5) is 10.6. The second kappa shape index (κ2) is 8.24. The fourth-order valence-electron chi connectivity index (χ4n) is 7.44. The minimum absolute atomic E-state index is 0.635. The number of nitrogens with zero attached hydrogens (tertiary/aromatic N) is 3. The number of fused-ring (bicyclic) bond motifs is 4. The van der Waals surface area contributed by atoms with Crippen molar-refractivity contribution in [1.82, 2.24) is 14.5 Å². The molecule has 0 radical (unpaired) electrons. The van der Waals surface area contributed by atoms with Crippen molar-refractivity contribution in [1.29, 1.82) is 0 Å². The zero-order chi connectivity index (χ0) is 29.2. The number of para-hydroxylation sites is 2. The Balaban J connectivity index is 1.29. The van der Waals surface area contributed by atoms with E-state index in [1.165, 1.54) is 10.8 Å². The Bertz CT molecular complexity index is 2890. The van der Waals surface area contributed by atoms with Gasteiger partial charge in [0.2, 0.25) is 5.95 Å². The maximum Gasteiger partial charge on any atom is 0.235 e. The van der Waals surface area contributed by atoms with Gasteiger partial charge in [-0.05, 0) is 65.4 Å². The van der Waals surface area contributed by atoms with Crippen LogP contribution in [0.15, 0.2) is 136 Å². The number of furan rings is 1. The second-order valence-corrected chi connectivity index (χ2v) is 11.8. The van der Waals surface area contributed by atoms with E-state index < -0.39 is 0 Å². The maximum absolute atomic E-state index is 6.61. The van der Waals surface area contributed by atoms with Gasteiger partial charge in [-0.3, -0.25) is 4.57 Å². The molecule has 0 bridgehead atoms. The lowest BCUT2D eigenvalue weighted by atomic mass is 10.00. The van der Waals surface area contributed by atoms with E-state index in [9.17, 15) is 0 Å². The first kappa shape index (κ1) is 23.3. The van der Waals surface area contributed by atoms with Gasteiger partial charge in [0.05, 0.1) is 22.2 Å². The molecule has 0 aliphatic rings. The molecule has 5 nitrogen and oxygen atoms in total. The van der Waals surface area contributed by atoms with Crippen molar-refractivity contribution in [3.8, 4) is 17.2 Å². The lowest BCUT2D eigenvalue weighted by Gasteiger charge is -2.12. The monoisotopic (exact) mass is 575 g/mol. The Hall–Kier alpha value is -6.20. The van der Waals surface area contributed by atoms with Crippen molar-refractivity contribution in [2.24, 2.45) is 0 Å². The van der Waals surface area contributed by atoms with Crippen molar-refractivity contribution in [2.45, 2.75) is 0 Å². The van der Waals surface area contributed by atoms with Gasteiger partial charge < -0.3 is 8.83 Å². The number of benzene rings is 7. The molecule has 11 aromatic rings. The fraction of sp³-hybridized carbons (Fsp3) is 0. The summed E-state index contributed by atoms with van der Waals surface area (Å²) in [5, 5.41) is 10.0. The van der Waals surface area contributed by atoms with E-state index in [1.54, 1.807) is 0 Å². The van der Waals surface area contributed by atoms with Crippen molar-refractivity contribution in [3.05, 3.63) is 127 Å². The molecule has 0 unspecified atom stereocenters. The first-order valence-electron chi connectivity index (χ1n) is 15.1. The summed E-state index contributed by atoms with van der Waals surface area (Å²) in [7, 11) is 0. The molecule has 0 spiro atoms. The molecule has 0 saturated heterocycles. The molecule has 208 valence electrons. The molecule has 4 heterocycles. The van der Waals surface area contributed by atoms with Crippen LogP contribution in [-0.2, 0) is 0 Å². The van der Waals surface area contributed by atoms with Gasteiger partial charge in [0.15, 0.2) is 0 Å². The minimum atomic E-state index is 0.635. The summed E-state index contributed by atoms with van der Waals surface area (Å²) in [5.41, 5.74) is 8.37. The Morgan fingerprint density at radius 3 is 1.82 bits per heavy atom. The second-order valence-electron chi connectivity index (χ2n) is 11.8. The zero-order valence-corrected chi connectivity index (χ0v) is 23.8. The standard InChI is InChI=1S/C40H21N3O2/c1-3-11-28-26(10-1)39(24-17-20-32-27(21-24)25-9-2-4-12-31(25)44-32)42-40(41-28)43-29-18-15-22-7-5-13-33-35(22)37(29)38-30(43)19-16-23-8-6-14-34(45-33)36(23)38/h1-21H. The summed E-state index contributed by atoms with van der Waals surface area (Å²) in [6, 6.07) is 44.1. The predicted octanol–water partition coefficient (Wildman–Crippen LogP) is 10.8. The van der Waals surface area contributed by atoms with Crippen LogP contribution in [0.3, 0.4) is 0 Å². The van der Waals surface area contributed by atoms with Gasteiger partial charge >= 0.3 is 0 Å². The molecule has 0 N–H and O–H groups in total. The fourth-order valence-corrected chi connectivity index (χ4v) is 7.44. The molecule has 5 heteroatoms. The molecule has 0 aliphatic carbocycles. The number of rotatable bonds is 2. The number of hydrogen-bond donors (Lipinski definition) is 0. The Morgan fingerprint density at radius 2 is 1.07 bits per heavy atom. The lowest BCUT2D eigenvalue weighted by Crippen LogP contribution is -2.03. The molecule has 45 heavy (non-hydrogen) atoms. The van der Waals surface area contributed by atoms with Crippen LogP contribution in [0.25, 0.3) is 105 Å². The molecule has 0 fully saturated rings. The van der Waals surface area contributed by atoms with Gasteiger partial charge in [-0.1, -0.05) is 72.8 Å². The van der Waals surface area contributed by atoms with Gasteiger partial charge in [0, 0.05) is 43.3 Å². The molecule has 0 saturated carbocycles. The third-order valence-electron chi connectivity index (χ3n) is 9.36. The van der Waals surface area contributed by atoms with Crippen LogP contribution in [0, 0.1) is 0 Å². The first-order chi connectivity index (χ1) is 22.3. The van der Waals surface area contributed by atoms with E-state index in [2.05, 4.69) is 114 Å². The smallest absolute Gasteiger partial charge is 0.235 e. The van der Waals surface area contributed by atoms with Gasteiger partial charge in [-0.25, -0.2) is 9.97 Å². The van der Waals surface area contributed by atoms with E-state index in [0.717, 1.165) is 87.8 Å². The van der Waals surface area contributed by atoms with Crippen LogP contribution in [-0.4, -0.2) is 14.5 Å².